The SMILES string of the molecule is CN1CCC2(CC1)CN(C(=O)Nc1ccc(Cl)cc1)c1ccc(F)cc12. The Hall–Kier alpha value is -2.11. The third-order valence-electron chi connectivity index (χ3n) is 5.57. The number of benzene rings is 2. The number of carbonyl (C=O) groups excluding carboxylic acids is 1. The fourth-order valence-corrected chi connectivity index (χ4v) is 4.15. The average Bonchev–Trinajstić information content (AvgIpc) is 2.94. The van der Waals surface area contributed by atoms with Crippen molar-refractivity contribution in [2.45, 2.75) is 18.3 Å². The third kappa shape index (κ3) is 3.06. The second-order valence-corrected chi connectivity index (χ2v) is 7.70. The van der Waals surface area contributed by atoms with Crippen molar-refractivity contribution in [3.8, 4) is 0 Å². The number of likely N-dealkylation sites (tertiary alicyclic amines) is 1. The van der Waals surface area contributed by atoms with Crippen LogP contribution in [0.25, 0.3) is 0 Å². The second kappa shape index (κ2) is 6.56. The van der Waals surface area contributed by atoms with Gasteiger partial charge in [0.15, 0.2) is 0 Å². The maximum absolute atomic E-state index is 13.9. The molecule has 1 fully saturated rings. The lowest BCUT2D eigenvalue weighted by Crippen LogP contribution is -2.45. The fraction of sp³-hybridized carbons (Fsp3) is 0.350. The van der Waals surface area contributed by atoms with Gasteiger partial charge in [-0.15, -0.1) is 0 Å². The van der Waals surface area contributed by atoms with Crippen molar-refractivity contribution in [1.29, 1.82) is 0 Å². The number of carbonyl (C=O) groups is 1. The Morgan fingerprint density at radius 3 is 2.54 bits per heavy atom. The number of hydrogen-bond acceptors (Lipinski definition) is 2. The first kappa shape index (κ1) is 17.3. The molecule has 6 heteroatoms. The van der Waals surface area contributed by atoms with Crippen molar-refractivity contribution < 1.29 is 9.18 Å². The Bertz CT molecular complexity index is 831. The van der Waals surface area contributed by atoms with Crippen LogP contribution in [0.1, 0.15) is 18.4 Å². The number of fused-ring (bicyclic) bond motifs is 2. The predicted octanol–water partition coefficient (Wildman–Crippen LogP) is 4.49. The van der Waals surface area contributed by atoms with Gasteiger partial charge in [0.25, 0.3) is 0 Å². The Balaban J connectivity index is 1.63. The molecule has 0 bridgehead atoms. The Labute approximate surface area is 157 Å². The van der Waals surface area contributed by atoms with Gasteiger partial charge in [-0.2, -0.15) is 0 Å². The van der Waals surface area contributed by atoms with Crippen molar-refractivity contribution in [3.05, 3.63) is 58.9 Å². The van der Waals surface area contributed by atoms with Gasteiger partial charge < -0.3 is 10.2 Å². The quantitative estimate of drug-likeness (QED) is 0.799. The van der Waals surface area contributed by atoms with Gasteiger partial charge in [0, 0.05) is 28.4 Å². The van der Waals surface area contributed by atoms with E-state index in [4.69, 9.17) is 11.6 Å². The van der Waals surface area contributed by atoms with Gasteiger partial charge in [-0.1, -0.05) is 11.6 Å². The van der Waals surface area contributed by atoms with Crippen molar-refractivity contribution in [1.82, 2.24) is 4.90 Å². The molecule has 1 saturated heterocycles. The average molecular weight is 374 g/mol. The van der Waals surface area contributed by atoms with Crippen molar-refractivity contribution >= 4 is 29.0 Å². The van der Waals surface area contributed by atoms with Crippen LogP contribution in [0.4, 0.5) is 20.6 Å². The van der Waals surface area contributed by atoms with Crippen LogP contribution in [0.15, 0.2) is 42.5 Å². The molecule has 0 radical (unpaired) electrons. The molecule has 2 aromatic carbocycles. The number of nitrogens with one attached hydrogen (secondary N) is 1. The monoisotopic (exact) mass is 373 g/mol. The molecule has 0 unspecified atom stereocenters. The predicted molar refractivity (Wildman–Crippen MR) is 103 cm³/mol. The summed E-state index contributed by atoms with van der Waals surface area (Å²) >= 11 is 5.90. The molecule has 1 N–H and O–H groups in total. The highest BCUT2D eigenvalue weighted by atomic mass is 35.5. The summed E-state index contributed by atoms with van der Waals surface area (Å²) in [6.45, 7) is 2.48. The van der Waals surface area contributed by atoms with Gasteiger partial charge in [0.2, 0.25) is 0 Å². The Morgan fingerprint density at radius 1 is 1.15 bits per heavy atom. The number of amides is 2. The van der Waals surface area contributed by atoms with E-state index in [1.165, 1.54) is 6.07 Å². The molecule has 2 aliphatic rings. The van der Waals surface area contributed by atoms with E-state index in [0.29, 0.717) is 17.3 Å². The summed E-state index contributed by atoms with van der Waals surface area (Å²) in [7, 11) is 2.10. The number of nitrogens with zero attached hydrogens (tertiary/aromatic N) is 2. The molecule has 0 aliphatic carbocycles. The molecule has 2 aliphatic heterocycles. The summed E-state index contributed by atoms with van der Waals surface area (Å²) in [6.07, 6.45) is 1.84. The van der Waals surface area contributed by atoms with Crippen LogP contribution in [0.5, 0.6) is 0 Å². The van der Waals surface area contributed by atoms with Crippen LogP contribution >= 0.6 is 11.6 Å². The topological polar surface area (TPSA) is 35.6 Å². The Kier molecular flexibility index (Phi) is 4.37. The van der Waals surface area contributed by atoms with E-state index in [0.717, 1.165) is 37.2 Å². The fourth-order valence-electron chi connectivity index (χ4n) is 4.02. The van der Waals surface area contributed by atoms with Gasteiger partial charge in [-0.25, -0.2) is 9.18 Å². The minimum Gasteiger partial charge on any atom is -0.308 e. The van der Waals surface area contributed by atoms with E-state index in [-0.39, 0.29) is 17.3 Å². The lowest BCUT2D eigenvalue weighted by Gasteiger charge is -2.38. The zero-order valence-corrected chi connectivity index (χ0v) is 15.4. The molecule has 0 aromatic heterocycles. The van der Waals surface area contributed by atoms with E-state index in [1.807, 2.05) is 0 Å². The maximum Gasteiger partial charge on any atom is 0.326 e. The molecule has 2 amide bonds. The summed E-state index contributed by atoms with van der Waals surface area (Å²) < 4.78 is 13.9. The molecular formula is C20H21ClFN3O. The van der Waals surface area contributed by atoms with Crippen LogP contribution in [-0.4, -0.2) is 37.6 Å². The smallest absolute Gasteiger partial charge is 0.308 e. The molecule has 0 atom stereocenters. The zero-order chi connectivity index (χ0) is 18.3. The lowest BCUT2D eigenvalue weighted by molar-refractivity contribution is 0.196. The van der Waals surface area contributed by atoms with Gasteiger partial charge >= 0.3 is 6.03 Å². The molecule has 26 heavy (non-hydrogen) atoms. The molecule has 4 nitrogen and oxygen atoms in total. The van der Waals surface area contributed by atoms with E-state index in [9.17, 15) is 9.18 Å². The lowest BCUT2D eigenvalue weighted by atomic mass is 9.74. The standard InChI is InChI=1S/C20H21ClFN3O/c1-24-10-8-20(9-11-24)13-25(18-7-4-15(22)12-17(18)20)19(26)23-16-5-2-14(21)3-6-16/h2-7,12H,8-11,13H2,1H3,(H,23,26). The summed E-state index contributed by atoms with van der Waals surface area (Å²) in [4.78, 5) is 16.9. The third-order valence-corrected chi connectivity index (χ3v) is 5.82. The normalized spacial score (nSPS) is 18.8. The highest BCUT2D eigenvalue weighted by Crippen LogP contribution is 2.47. The van der Waals surface area contributed by atoms with Crippen LogP contribution < -0.4 is 10.2 Å². The van der Waals surface area contributed by atoms with Crippen LogP contribution in [0, 0.1) is 5.82 Å². The summed E-state index contributed by atoms with van der Waals surface area (Å²) in [6, 6.07) is 11.6. The largest absolute Gasteiger partial charge is 0.326 e. The zero-order valence-electron chi connectivity index (χ0n) is 14.6. The number of rotatable bonds is 1. The van der Waals surface area contributed by atoms with E-state index in [2.05, 4.69) is 17.3 Å². The van der Waals surface area contributed by atoms with Crippen molar-refractivity contribution in [2.75, 3.05) is 36.9 Å². The first-order valence-corrected chi connectivity index (χ1v) is 9.17. The molecule has 2 heterocycles. The number of halogens is 2. The number of anilines is 2. The van der Waals surface area contributed by atoms with Gasteiger partial charge in [-0.3, -0.25) is 4.90 Å². The van der Waals surface area contributed by atoms with E-state index in [1.54, 1.807) is 41.3 Å². The molecule has 0 saturated carbocycles. The van der Waals surface area contributed by atoms with Crippen molar-refractivity contribution in [3.63, 3.8) is 0 Å². The van der Waals surface area contributed by atoms with Crippen LogP contribution in [0.3, 0.4) is 0 Å². The minimum atomic E-state index is -0.248. The highest BCUT2D eigenvalue weighted by Gasteiger charge is 2.46. The van der Waals surface area contributed by atoms with Crippen LogP contribution in [-0.2, 0) is 5.41 Å². The first-order chi connectivity index (χ1) is 12.5. The summed E-state index contributed by atoms with van der Waals surface area (Å²) in [5.41, 5.74) is 2.29. The number of urea groups is 1. The van der Waals surface area contributed by atoms with Gasteiger partial charge in [0.1, 0.15) is 5.82 Å². The molecule has 4 rings (SSSR count). The van der Waals surface area contributed by atoms with E-state index >= 15 is 0 Å². The molecule has 1 spiro atoms. The van der Waals surface area contributed by atoms with E-state index < -0.39 is 0 Å². The van der Waals surface area contributed by atoms with Crippen molar-refractivity contribution in [2.24, 2.45) is 0 Å². The highest BCUT2D eigenvalue weighted by molar-refractivity contribution is 6.30. The second-order valence-electron chi connectivity index (χ2n) is 7.27. The molecule has 2 aromatic rings. The number of hydrogen-bond donors (Lipinski definition) is 1. The first-order valence-electron chi connectivity index (χ1n) is 8.80. The van der Waals surface area contributed by atoms with Gasteiger partial charge in [0.05, 0.1) is 0 Å². The summed E-state index contributed by atoms with van der Waals surface area (Å²) in [5, 5.41) is 3.54. The molecule has 136 valence electrons. The summed E-state index contributed by atoms with van der Waals surface area (Å²) in [5.74, 6) is -0.248. The number of piperidine rings is 1. The maximum atomic E-state index is 13.9. The Morgan fingerprint density at radius 2 is 1.85 bits per heavy atom. The molecular weight excluding hydrogens is 353 g/mol. The van der Waals surface area contributed by atoms with Crippen LogP contribution in [0.2, 0.25) is 5.02 Å². The van der Waals surface area contributed by atoms with Gasteiger partial charge in [-0.05, 0) is 81.0 Å². The minimum absolute atomic E-state index is 0.165.